The molecule has 0 unspecified atom stereocenters. The second-order valence-electron chi connectivity index (χ2n) is 8.49. The Morgan fingerprint density at radius 1 is 0.537 bits per heavy atom. The summed E-state index contributed by atoms with van der Waals surface area (Å²) in [4.78, 5) is 26.5. The molecular weight excluding hydrogens is 524 g/mol. The highest BCUT2D eigenvalue weighted by atomic mass is 16.5. The molecule has 0 saturated carbocycles. The first-order valence-corrected chi connectivity index (χ1v) is 12.5. The van der Waals surface area contributed by atoms with Gasteiger partial charge in [-0.3, -0.25) is 9.59 Å². The first-order valence-electron chi connectivity index (χ1n) is 12.5. The Balaban J connectivity index is 1.96. The van der Waals surface area contributed by atoms with Crippen molar-refractivity contribution in [1.82, 2.24) is 0 Å². The summed E-state index contributed by atoms with van der Waals surface area (Å²) >= 11 is 0. The van der Waals surface area contributed by atoms with Gasteiger partial charge < -0.3 is 28.8 Å². The number of carbonyl (C=O) groups excluding carboxylic acids is 2. The normalized spacial score (nSPS) is 11.9. The van der Waals surface area contributed by atoms with E-state index in [1.807, 2.05) is 0 Å². The second-order valence-corrected chi connectivity index (χ2v) is 8.49. The van der Waals surface area contributed by atoms with Crippen molar-refractivity contribution in [2.45, 2.75) is 0 Å². The summed E-state index contributed by atoms with van der Waals surface area (Å²) in [6, 6.07) is 17.3. The molecule has 3 aromatic carbocycles. The molecule has 0 aliphatic heterocycles. The zero-order valence-electron chi connectivity index (χ0n) is 23.5. The van der Waals surface area contributed by atoms with Gasteiger partial charge in [-0.05, 0) is 71.3 Å². The molecule has 0 aliphatic carbocycles. The smallest absolute Gasteiger partial charge is 0.193 e. The molecule has 3 aromatic rings. The molecular formula is C33H32O8. The van der Waals surface area contributed by atoms with E-state index >= 15 is 0 Å². The highest BCUT2D eigenvalue weighted by molar-refractivity contribution is 6.29. The molecule has 0 spiro atoms. The second kappa shape index (κ2) is 14.8. The Hall–Kier alpha value is -5.24. The van der Waals surface area contributed by atoms with Crippen molar-refractivity contribution in [2.24, 2.45) is 0 Å². The van der Waals surface area contributed by atoms with Crippen LogP contribution in [0.1, 0.15) is 16.7 Å². The van der Waals surface area contributed by atoms with Crippen LogP contribution in [0.2, 0.25) is 0 Å². The maximum atomic E-state index is 13.3. The Bertz CT molecular complexity index is 1490. The summed E-state index contributed by atoms with van der Waals surface area (Å²) < 4.78 is 26.3. The number of aliphatic hydroxyl groups excluding tert-OH is 1. The zero-order chi connectivity index (χ0) is 29.8. The number of rotatable bonds is 13. The van der Waals surface area contributed by atoms with E-state index in [1.54, 1.807) is 79.9 Å². The molecule has 0 aliphatic rings. The van der Waals surface area contributed by atoms with E-state index in [0.717, 1.165) is 0 Å². The molecule has 0 heterocycles. The number of methoxy groups -OCH3 is 5. The Morgan fingerprint density at radius 3 is 1.39 bits per heavy atom. The van der Waals surface area contributed by atoms with Crippen molar-refractivity contribution in [1.29, 1.82) is 0 Å². The summed E-state index contributed by atoms with van der Waals surface area (Å²) in [6.07, 6.45) is 8.38. The van der Waals surface area contributed by atoms with Gasteiger partial charge in [0.2, 0.25) is 0 Å². The largest absolute Gasteiger partial charge is 0.507 e. The van der Waals surface area contributed by atoms with Gasteiger partial charge in [0.15, 0.2) is 34.6 Å². The van der Waals surface area contributed by atoms with E-state index in [4.69, 9.17) is 23.7 Å². The van der Waals surface area contributed by atoms with Crippen LogP contribution in [0.3, 0.4) is 0 Å². The van der Waals surface area contributed by atoms with Crippen molar-refractivity contribution >= 4 is 29.8 Å². The minimum atomic E-state index is -0.682. The van der Waals surface area contributed by atoms with Gasteiger partial charge in [-0.15, -0.1) is 0 Å². The Kier molecular flexibility index (Phi) is 10.9. The number of ketones is 2. The topological polar surface area (TPSA) is 101 Å². The lowest BCUT2D eigenvalue weighted by Crippen LogP contribution is -2.11. The van der Waals surface area contributed by atoms with Gasteiger partial charge in [0.25, 0.3) is 0 Å². The number of benzene rings is 3. The lowest BCUT2D eigenvalue weighted by atomic mass is 10.0. The van der Waals surface area contributed by atoms with Gasteiger partial charge >= 0.3 is 0 Å². The fraction of sp³-hybridized carbons (Fsp3) is 0.152. The molecule has 1 N–H and O–H groups in total. The molecule has 3 rings (SSSR count). The molecule has 8 nitrogen and oxygen atoms in total. The van der Waals surface area contributed by atoms with Crippen LogP contribution >= 0.6 is 0 Å². The summed E-state index contributed by atoms with van der Waals surface area (Å²) in [5.41, 5.74) is 1.61. The first-order chi connectivity index (χ1) is 19.8. The minimum absolute atomic E-state index is 0.400. The monoisotopic (exact) mass is 556 g/mol. The van der Waals surface area contributed by atoms with E-state index in [-0.39, 0.29) is 0 Å². The molecule has 0 saturated heterocycles. The van der Waals surface area contributed by atoms with Gasteiger partial charge in [-0.1, -0.05) is 42.5 Å². The lowest BCUT2D eigenvalue weighted by molar-refractivity contribution is -0.117. The Morgan fingerprint density at radius 2 is 0.951 bits per heavy atom. The van der Waals surface area contributed by atoms with Crippen LogP contribution in [0.15, 0.2) is 90.2 Å². The lowest BCUT2D eigenvalue weighted by Gasteiger charge is -2.08. The summed E-state index contributed by atoms with van der Waals surface area (Å²) in [7, 11) is 7.63. The van der Waals surface area contributed by atoms with Crippen LogP contribution in [0, 0.1) is 0 Å². The molecule has 0 bridgehead atoms. The van der Waals surface area contributed by atoms with E-state index in [9.17, 15) is 14.7 Å². The zero-order valence-corrected chi connectivity index (χ0v) is 23.5. The SMILES string of the molecule is COc1ccc(/C=C/C(=O)/C(C(=O)/C=C/c2ccc(OC)c(OC)c2)=C(O)/C=C/c2ccc(OC)c(OC)c2)cc1. The van der Waals surface area contributed by atoms with Gasteiger partial charge in [0.1, 0.15) is 17.1 Å². The highest BCUT2D eigenvalue weighted by Gasteiger charge is 2.19. The molecule has 0 atom stereocenters. The number of hydrogen-bond acceptors (Lipinski definition) is 8. The molecule has 0 fully saturated rings. The number of aliphatic hydroxyl groups is 1. The van der Waals surface area contributed by atoms with Gasteiger partial charge in [-0.2, -0.15) is 0 Å². The number of ether oxygens (including phenoxy) is 5. The molecule has 8 heteroatoms. The third-order valence-electron chi connectivity index (χ3n) is 5.97. The number of allylic oxidation sites excluding steroid dienone is 4. The van der Waals surface area contributed by atoms with Crippen molar-refractivity contribution in [3.8, 4) is 28.7 Å². The highest BCUT2D eigenvalue weighted by Crippen LogP contribution is 2.29. The van der Waals surface area contributed by atoms with Gasteiger partial charge in [0, 0.05) is 0 Å². The average Bonchev–Trinajstić information content (AvgIpc) is 3.01. The molecule has 0 radical (unpaired) electrons. The molecule has 41 heavy (non-hydrogen) atoms. The van der Waals surface area contributed by atoms with Gasteiger partial charge in [-0.25, -0.2) is 0 Å². The van der Waals surface area contributed by atoms with E-state index < -0.39 is 22.9 Å². The van der Waals surface area contributed by atoms with Crippen LogP contribution in [0.25, 0.3) is 18.2 Å². The van der Waals surface area contributed by atoms with Crippen LogP contribution in [0.4, 0.5) is 0 Å². The maximum absolute atomic E-state index is 13.3. The maximum Gasteiger partial charge on any atom is 0.193 e. The summed E-state index contributed by atoms with van der Waals surface area (Å²) in [5, 5.41) is 10.9. The third-order valence-corrected chi connectivity index (χ3v) is 5.97. The third kappa shape index (κ3) is 8.12. The molecule has 0 amide bonds. The van der Waals surface area contributed by atoms with Crippen LogP contribution < -0.4 is 23.7 Å². The predicted octanol–water partition coefficient (Wildman–Crippen LogP) is 6.12. The standard InChI is InChI=1S/C33H32O8/c1-37-25-13-6-22(7-14-25)8-15-26(34)33(27(35)16-9-23-11-18-29(38-2)31(20-23)40-4)28(36)17-10-24-12-19-30(39-3)32(21-24)41-5/h6-21,35H,1-5H3/b15-8+,16-9+,17-10+,33-27+. The summed E-state index contributed by atoms with van der Waals surface area (Å²) in [6.45, 7) is 0. The number of hydrogen-bond donors (Lipinski definition) is 1. The van der Waals surface area contributed by atoms with Crippen molar-refractivity contribution in [3.63, 3.8) is 0 Å². The number of carbonyl (C=O) groups is 2. The van der Waals surface area contributed by atoms with E-state index in [0.29, 0.717) is 45.4 Å². The minimum Gasteiger partial charge on any atom is -0.507 e. The van der Waals surface area contributed by atoms with Crippen LogP contribution in [-0.4, -0.2) is 52.2 Å². The first kappa shape index (κ1) is 30.3. The quantitative estimate of drug-likeness (QED) is 0.0884. The van der Waals surface area contributed by atoms with Gasteiger partial charge in [0.05, 0.1) is 35.5 Å². The van der Waals surface area contributed by atoms with Crippen molar-refractivity contribution in [2.75, 3.05) is 35.5 Å². The van der Waals surface area contributed by atoms with E-state index in [1.165, 1.54) is 52.7 Å². The van der Waals surface area contributed by atoms with Crippen molar-refractivity contribution < 1.29 is 38.4 Å². The predicted molar refractivity (Wildman–Crippen MR) is 159 cm³/mol. The van der Waals surface area contributed by atoms with E-state index in [2.05, 4.69) is 0 Å². The fourth-order valence-corrected chi connectivity index (χ4v) is 3.77. The fourth-order valence-electron chi connectivity index (χ4n) is 3.77. The van der Waals surface area contributed by atoms with Crippen LogP contribution in [0.5, 0.6) is 28.7 Å². The summed E-state index contributed by atoms with van der Waals surface area (Å²) in [5.74, 6) is 0.875. The molecule has 212 valence electrons. The van der Waals surface area contributed by atoms with Crippen molar-refractivity contribution in [3.05, 3.63) is 107 Å². The van der Waals surface area contributed by atoms with Crippen LogP contribution in [-0.2, 0) is 9.59 Å². The Labute approximate surface area is 239 Å². The average molecular weight is 557 g/mol. The molecule has 0 aromatic heterocycles.